The Morgan fingerprint density at radius 2 is 2.12 bits per heavy atom. The molecule has 90 valence electrons. The molecule has 17 heavy (non-hydrogen) atoms. The summed E-state index contributed by atoms with van der Waals surface area (Å²) < 4.78 is 5.05. The lowest BCUT2D eigenvalue weighted by molar-refractivity contribution is 0.380. The van der Waals surface area contributed by atoms with Crippen LogP contribution in [0, 0.1) is 6.92 Å². The smallest absolute Gasteiger partial charge is 0.240 e. The van der Waals surface area contributed by atoms with Gasteiger partial charge in [-0.05, 0) is 18.6 Å². The number of rotatable bonds is 3. The van der Waals surface area contributed by atoms with Crippen LogP contribution in [0.4, 0.5) is 5.69 Å². The van der Waals surface area contributed by atoms with E-state index in [0.717, 1.165) is 16.8 Å². The number of aryl methyl sites for hydroxylation is 1. The maximum atomic E-state index is 5.47. The van der Waals surface area contributed by atoms with Gasteiger partial charge in [0.1, 0.15) is 0 Å². The normalized spacial score (nSPS) is 10.6. The molecule has 0 aliphatic heterocycles. The highest BCUT2D eigenvalue weighted by molar-refractivity contribution is 5.76. The second-order valence-electron chi connectivity index (χ2n) is 4.08. The van der Waals surface area contributed by atoms with Crippen LogP contribution in [-0.2, 0) is 6.54 Å². The van der Waals surface area contributed by atoms with E-state index in [1.165, 1.54) is 0 Å². The third-order valence-corrected chi connectivity index (χ3v) is 2.60. The SMILES string of the molecule is Cc1cccc(N(C)C)c1-c1noc(CN)n1. The highest BCUT2D eigenvalue weighted by Crippen LogP contribution is 2.30. The van der Waals surface area contributed by atoms with E-state index in [2.05, 4.69) is 10.1 Å². The molecule has 2 rings (SSSR count). The molecule has 0 aliphatic rings. The molecular formula is C12H16N4O. The van der Waals surface area contributed by atoms with Gasteiger partial charge in [0.05, 0.1) is 6.54 Å². The van der Waals surface area contributed by atoms with Gasteiger partial charge in [-0.1, -0.05) is 17.3 Å². The lowest BCUT2D eigenvalue weighted by Crippen LogP contribution is -2.10. The van der Waals surface area contributed by atoms with Crippen molar-refractivity contribution in [2.75, 3.05) is 19.0 Å². The predicted molar refractivity (Wildman–Crippen MR) is 66.7 cm³/mol. The fourth-order valence-electron chi connectivity index (χ4n) is 1.76. The minimum atomic E-state index is 0.260. The fourth-order valence-corrected chi connectivity index (χ4v) is 1.76. The molecule has 0 unspecified atom stereocenters. The zero-order valence-electron chi connectivity index (χ0n) is 10.3. The van der Waals surface area contributed by atoms with Crippen LogP contribution in [0.15, 0.2) is 22.7 Å². The fraction of sp³-hybridized carbons (Fsp3) is 0.333. The van der Waals surface area contributed by atoms with Gasteiger partial charge in [0.25, 0.3) is 0 Å². The van der Waals surface area contributed by atoms with E-state index in [1.54, 1.807) is 0 Å². The van der Waals surface area contributed by atoms with Crippen LogP contribution in [-0.4, -0.2) is 24.2 Å². The van der Waals surface area contributed by atoms with E-state index in [4.69, 9.17) is 10.3 Å². The monoisotopic (exact) mass is 232 g/mol. The van der Waals surface area contributed by atoms with Crippen LogP contribution in [0.3, 0.4) is 0 Å². The predicted octanol–water partition coefficient (Wildman–Crippen LogP) is 1.57. The molecular weight excluding hydrogens is 216 g/mol. The lowest BCUT2D eigenvalue weighted by Gasteiger charge is -2.17. The quantitative estimate of drug-likeness (QED) is 0.870. The first-order chi connectivity index (χ1) is 8.13. The maximum absolute atomic E-state index is 5.47. The van der Waals surface area contributed by atoms with Crippen molar-refractivity contribution in [3.63, 3.8) is 0 Å². The summed E-state index contributed by atoms with van der Waals surface area (Å²) in [5.41, 5.74) is 8.63. The first-order valence-corrected chi connectivity index (χ1v) is 5.43. The van der Waals surface area contributed by atoms with E-state index in [-0.39, 0.29) is 6.54 Å². The Kier molecular flexibility index (Phi) is 3.10. The third-order valence-electron chi connectivity index (χ3n) is 2.60. The van der Waals surface area contributed by atoms with Gasteiger partial charge in [0.15, 0.2) is 0 Å². The van der Waals surface area contributed by atoms with Crippen LogP contribution in [0.5, 0.6) is 0 Å². The van der Waals surface area contributed by atoms with Crippen molar-refractivity contribution < 1.29 is 4.52 Å². The number of nitrogens with two attached hydrogens (primary N) is 1. The molecule has 0 spiro atoms. The maximum Gasteiger partial charge on any atom is 0.240 e. The molecule has 0 aliphatic carbocycles. The highest BCUT2D eigenvalue weighted by atomic mass is 16.5. The molecule has 0 saturated heterocycles. The van der Waals surface area contributed by atoms with Gasteiger partial charge >= 0.3 is 0 Å². The van der Waals surface area contributed by atoms with Gasteiger partial charge in [0, 0.05) is 25.3 Å². The van der Waals surface area contributed by atoms with Crippen LogP contribution in [0.1, 0.15) is 11.5 Å². The zero-order chi connectivity index (χ0) is 12.4. The molecule has 5 nitrogen and oxygen atoms in total. The minimum absolute atomic E-state index is 0.260. The molecule has 1 aromatic carbocycles. The van der Waals surface area contributed by atoms with E-state index < -0.39 is 0 Å². The molecule has 1 heterocycles. The van der Waals surface area contributed by atoms with Crippen molar-refractivity contribution >= 4 is 5.69 Å². The first kappa shape index (κ1) is 11.6. The molecule has 0 radical (unpaired) electrons. The first-order valence-electron chi connectivity index (χ1n) is 5.43. The summed E-state index contributed by atoms with van der Waals surface area (Å²) in [6, 6.07) is 6.07. The van der Waals surface area contributed by atoms with Gasteiger partial charge in [-0.2, -0.15) is 4.98 Å². The van der Waals surface area contributed by atoms with Gasteiger partial charge in [-0.15, -0.1) is 0 Å². The van der Waals surface area contributed by atoms with Crippen molar-refractivity contribution in [2.45, 2.75) is 13.5 Å². The van der Waals surface area contributed by atoms with Gasteiger partial charge in [-0.25, -0.2) is 0 Å². The van der Waals surface area contributed by atoms with Gasteiger partial charge < -0.3 is 15.2 Å². The second-order valence-corrected chi connectivity index (χ2v) is 4.08. The average molecular weight is 232 g/mol. The van der Waals surface area contributed by atoms with E-state index in [9.17, 15) is 0 Å². The van der Waals surface area contributed by atoms with Crippen molar-refractivity contribution in [1.82, 2.24) is 10.1 Å². The Morgan fingerprint density at radius 3 is 2.71 bits per heavy atom. The minimum Gasteiger partial charge on any atom is -0.377 e. The third kappa shape index (κ3) is 2.14. The Hall–Kier alpha value is -1.88. The molecule has 0 fully saturated rings. The van der Waals surface area contributed by atoms with Gasteiger partial charge in [-0.3, -0.25) is 0 Å². The van der Waals surface area contributed by atoms with Crippen LogP contribution >= 0.6 is 0 Å². The molecule has 5 heteroatoms. The topological polar surface area (TPSA) is 68.2 Å². The van der Waals surface area contributed by atoms with Crippen molar-refractivity contribution in [3.05, 3.63) is 29.7 Å². The molecule has 2 aromatic rings. The van der Waals surface area contributed by atoms with Crippen molar-refractivity contribution in [2.24, 2.45) is 5.73 Å². The van der Waals surface area contributed by atoms with Crippen LogP contribution < -0.4 is 10.6 Å². The number of hydrogen-bond acceptors (Lipinski definition) is 5. The number of benzene rings is 1. The average Bonchev–Trinajstić information content (AvgIpc) is 2.76. The number of nitrogens with zero attached hydrogens (tertiary/aromatic N) is 3. The second kappa shape index (κ2) is 4.55. The molecule has 0 amide bonds. The largest absolute Gasteiger partial charge is 0.377 e. The summed E-state index contributed by atoms with van der Waals surface area (Å²) in [6.07, 6.45) is 0. The van der Waals surface area contributed by atoms with Gasteiger partial charge in [0.2, 0.25) is 11.7 Å². The summed E-state index contributed by atoms with van der Waals surface area (Å²) in [6.45, 7) is 2.29. The zero-order valence-corrected chi connectivity index (χ0v) is 10.3. The van der Waals surface area contributed by atoms with Crippen molar-refractivity contribution in [1.29, 1.82) is 0 Å². The standard InChI is InChI=1S/C12H16N4O/c1-8-5-4-6-9(16(2)3)11(8)12-14-10(7-13)17-15-12/h4-6H,7,13H2,1-3H3. The molecule has 1 aromatic heterocycles. The lowest BCUT2D eigenvalue weighted by atomic mass is 10.1. The Labute approximate surface area is 100 Å². The molecule has 0 atom stereocenters. The summed E-state index contributed by atoms with van der Waals surface area (Å²) in [5.74, 6) is 1.04. The number of hydrogen-bond donors (Lipinski definition) is 1. The van der Waals surface area contributed by atoms with Crippen LogP contribution in [0.25, 0.3) is 11.4 Å². The van der Waals surface area contributed by atoms with E-state index in [1.807, 2.05) is 44.1 Å². The summed E-state index contributed by atoms with van der Waals surface area (Å²) >= 11 is 0. The number of anilines is 1. The van der Waals surface area contributed by atoms with E-state index >= 15 is 0 Å². The molecule has 0 bridgehead atoms. The highest BCUT2D eigenvalue weighted by Gasteiger charge is 2.15. The summed E-state index contributed by atoms with van der Waals surface area (Å²) in [5, 5.41) is 3.97. The van der Waals surface area contributed by atoms with E-state index in [0.29, 0.717) is 11.7 Å². The number of aromatic nitrogens is 2. The summed E-state index contributed by atoms with van der Waals surface area (Å²) in [4.78, 5) is 6.30. The molecule has 0 saturated carbocycles. The van der Waals surface area contributed by atoms with Crippen molar-refractivity contribution in [3.8, 4) is 11.4 Å². The van der Waals surface area contributed by atoms with Crippen LogP contribution in [0.2, 0.25) is 0 Å². The Morgan fingerprint density at radius 1 is 1.35 bits per heavy atom. The summed E-state index contributed by atoms with van der Waals surface area (Å²) in [7, 11) is 3.98. The Balaban J connectivity index is 2.57. The Bertz CT molecular complexity index is 519. The molecule has 2 N–H and O–H groups in total.